The maximum Gasteiger partial charge on any atom is 0.169 e. The molecule has 1 rings (SSSR count). The van der Waals surface area contributed by atoms with Gasteiger partial charge in [-0.15, -0.1) is 0 Å². The van der Waals surface area contributed by atoms with E-state index in [4.69, 9.17) is 21.1 Å². The van der Waals surface area contributed by atoms with Crippen LogP contribution in [0.25, 0.3) is 0 Å². The predicted octanol–water partition coefficient (Wildman–Crippen LogP) is 2.67. The summed E-state index contributed by atoms with van der Waals surface area (Å²) >= 11 is 5.75. The molecule has 0 saturated carbocycles. The molecule has 0 unspecified atom stereocenters. The van der Waals surface area contributed by atoms with Crippen LogP contribution in [-0.4, -0.2) is 26.3 Å². The Balaban J connectivity index is 2.80. The van der Waals surface area contributed by atoms with Gasteiger partial charge in [-0.25, -0.2) is 4.39 Å². The molecule has 0 aliphatic rings. The minimum absolute atomic E-state index is 0.0400. The van der Waals surface area contributed by atoms with E-state index in [2.05, 4.69) is 0 Å². The van der Waals surface area contributed by atoms with Crippen molar-refractivity contribution in [3.05, 3.63) is 34.6 Å². The predicted molar refractivity (Wildman–Crippen MR) is 58.2 cm³/mol. The molecule has 0 heterocycles. The molecule has 0 aromatic heterocycles. The van der Waals surface area contributed by atoms with Crippen LogP contribution in [0.4, 0.5) is 4.39 Å². The number of ether oxygens (including phenoxy) is 2. The fraction of sp³-hybridized carbons (Fsp3) is 0.364. The van der Waals surface area contributed by atoms with Crippen molar-refractivity contribution in [2.75, 3.05) is 14.2 Å². The van der Waals surface area contributed by atoms with E-state index >= 15 is 0 Å². The van der Waals surface area contributed by atoms with E-state index in [1.807, 2.05) is 0 Å². The Labute approximate surface area is 98.1 Å². The van der Waals surface area contributed by atoms with Crippen LogP contribution in [0.15, 0.2) is 18.2 Å². The van der Waals surface area contributed by atoms with E-state index in [0.29, 0.717) is 0 Å². The summed E-state index contributed by atoms with van der Waals surface area (Å²) in [5, 5.41) is 0.0935. The molecule has 88 valence electrons. The molecule has 0 radical (unpaired) electrons. The highest BCUT2D eigenvalue weighted by Gasteiger charge is 2.16. The van der Waals surface area contributed by atoms with Gasteiger partial charge in [-0.3, -0.25) is 4.79 Å². The van der Waals surface area contributed by atoms with Crippen LogP contribution in [0, 0.1) is 5.82 Å². The van der Waals surface area contributed by atoms with Gasteiger partial charge >= 0.3 is 0 Å². The van der Waals surface area contributed by atoms with Gasteiger partial charge in [0, 0.05) is 19.8 Å². The van der Waals surface area contributed by atoms with Crippen molar-refractivity contribution in [2.24, 2.45) is 0 Å². The quantitative estimate of drug-likeness (QED) is 0.592. The van der Waals surface area contributed by atoms with Crippen molar-refractivity contribution in [1.29, 1.82) is 0 Å². The maximum absolute atomic E-state index is 12.8. The summed E-state index contributed by atoms with van der Waals surface area (Å²) in [5.74, 6) is -0.727. The smallest absolute Gasteiger partial charge is 0.169 e. The van der Waals surface area contributed by atoms with Gasteiger partial charge < -0.3 is 9.47 Å². The van der Waals surface area contributed by atoms with Gasteiger partial charge in [0.05, 0.1) is 11.4 Å². The van der Waals surface area contributed by atoms with E-state index in [9.17, 15) is 9.18 Å². The third-order valence-electron chi connectivity index (χ3n) is 2.11. The molecule has 0 aliphatic carbocycles. The molecule has 16 heavy (non-hydrogen) atoms. The summed E-state index contributed by atoms with van der Waals surface area (Å²) in [6.45, 7) is 0. The number of hydrogen-bond acceptors (Lipinski definition) is 3. The summed E-state index contributed by atoms with van der Waals surface area (Å²) < 4.78 is 22.6. The van der Waals surface area contributed by atoms with Gasteiger partial charge in [-0.2, -0.15) is 0 Å². The van der Waals surface area contributed by atoms with Crippen LogP contribution < -0.4 is 0 Å². The van der Waals surface area contributed by atoms with Crippen LogP contribution in [0.2, 0.25) is 5.02 Å². The van der Waals surface area contributed by atoms with Gasteiger partial charge in [0.2, 0.25) is 0 Å². The Hall–Kier alpha value is -0.970. The van der Waals surface area contributed by atoms with E-state index in [1.165, 1.54) is 26.4 Å². The second-order valence-electron chi connectivity index (χ2n) is 3.15. The lowest BCUT2D eigenvalue weighted by molar-refractivity contribution is -0.0993. The SMILES string of the molecule is COC(CC(=O)c1ccc(F)cc1Cl)OC. The average molecular weight is 247 g/mol. The van der Waals surface area contributed by atoms with Crippen LogP contribution in [0.5, 0.6) is 0 Å². The minimum atomic E-state index is -0.617. The summed E-state index contributed by atoms with van der Waals surface area (Å²) in [4.78, 5) is 11.7. The summed E-state index contributed by atoms with van der Waals surface area (Å²) in [7, 11) is 2.88. The fourth-order valence-corrected chi connectivity index (χ4v) is 1.51. The molecular weight excluding hydrogens is 235 g/mol. The number of ketones is 1. The van der Waals surface area contributed by atoms with Crippen molar-refractivity contribution < 1.29 is 18.7 Å². The van der Waals surface area contributed by atoms with Crippen LogP contribution in [0.1, 0.15) is 16.8 Å². The summed E-state index contributed by atoms with van der Waals surface area (Å²) in [5.41, 5.74) is 0.266. The molecule has 0 spiro atoms. The molecule has 1 aromatic rings. The third-order valence-corrected chi connectivity index (χ3v) is 2.42. The van der Waals surface area contributed by atoms with Crippen LogP contribution in [-0.2, 0) is 9.47 Å². The van der Waals surface area contributed by atoms with Gasteiger partial charge in [0.1, 0.15) is 5.82 Å². The molecule has 3 nitrogen and oxygen atoms in total. The lowest BCUT2D eigenvalue weighted by Crippen LogP contribution is -2.18. The maximum atomic E-state index is 12.8. The Kier molecular flexibility index (Phi) is 4.86. The summed E-state index contributed by atoms with van der Waals surface area (Å²) in [6, 6.07) is 3.64. The van der Waals surface area contributed by atoms with Gasteiger partial charge in [-0.1, -0.05) is 11.6 Å². The molecule has 0 N–H and O–H groups in total. The number of benzene rings is 1. The number of hydrogen-bond donors (Lipinski definition) is 0. The normalized spacial score (nSPS) is 10.8. The molecule has 0 aliphatic heterocycles. The second-order valence-corrected chi connectivity index (χ2v) is 3.56. The van der Waals surface area contributed by atoms with Gasteiger partial charge in [0.25, 0.3) is 0 Å². The van der Waals surface area contributed by atoms with Crippen LogP contribution in [0.3, 0.4) is 0 Å². The highest BCUT2D eigenvalue weighted by atomic mass is 35.5. The number of carbonyl (C=O) groups excluding carboxylic acids is 1. The zero-order chi connectivity index (χ0) is 12.1. The first-order chi connectivity index (χ1) is 7.58. The minimum Gasteiger partial charge on any atom is -0.355 e. The first kappa shape index (κ1) is 13.1. The van der Waals surface area contributed by atoms with Crippen molar-refractivity contribution in [3.8, 4) is 0 Å². The molecule has 1 aromatic carbocycles. The Morgan fingerprint density at radius 1 is 1.44 bits per heavy atom. The highest BCUT2D eigenvalue weighted by molar-refractivity contribution is 6.33. The van der Waals surface area contributed by atoms with E-state index in [1.54, 1.807) is 0 Å². The summed E-state index contributed by atoms with van der Waals surface area (Å²) in [6.07, 6.45) is -0.577. The molecule has 0 amide bonds. The Bertz CT molecular complexity index is 377. The van der Waals surface area contributed by atoms with Crippen molar-refractivity contribution in [2.45, 2.75) is 12.7 Å². The zero-order valence-electron chi connectivity index (χ0n) is 9.00. The lowest BCUT2D eigenvalue weighted by atomic mass is 10.1. The fourth-order valence-electron chi connectivity index (χ4n) is 1.24. The molecule has 0 fully saturated rings. The molecule has 0 atom stereocenters. The van der Waals surface area contributed by atoms with Gasteiger partial charge in [0.15, 0.2) is 12.1 Å². The topological polar surface area (TPSA) is 35.5 Å². The highest BCUT2D eigenvalue weighted by Crippen LogP contribution is 2.19. The van der Waals surface area contributed by atoms with Crippen molar-refractivity contribution in [1.82, 2.24) is 0 Å². The van der Waals surface area contributed by atoms with E-state index in [0.717, 1.165) is 6.07 Å². The van der Waals surface area contributed by atoms with Gasteiger partial charge in [-0.05, 0) is 18.2 Å². The van der Waals surface area contributed by atoms with Crippen molar-refractivity contribution >= 4 is 17.4 Å². The lowest BCUT2D eigenvalue weighted by Gasteiger charge is -2.12. The largest absolute Gasteiger partial charge is 0.355 e. The van der Waals surface area contributed by atoms with Crippen molar-refractivity contribution in [3.63, 3.8) is 0 Å². The first-order valence-corrected chi connectivity index (χ1v) is 5.00. The number of carbonyl (C=O) groups is 1. The molecule has 5 heteroatoms. The number of Topliss-reactive ketones (excluding diaryl/α,β-unsaturated/α-hetero) is 1. The van der Waals surface area contributed by atoms with E-state index < -0.39 is 12.1 Å². The van der Waals surface area contributed by atoms with E-state index in [-0.39, 0.29) is 22.8 Å². The zero-order valence-corrected chi connectivity index (χ0v) is 9.75. The number of methoxy groups -OCH3 is 2. The monoisotopic (exact) mass is 246 g/mol. The van der Waals surface area contributed by atoms with Crippen LogP contribution >= 0.6 is 11.6 Å². The molecular formula is C11H12ClFO3. The third kappa shape index (κ3) is 3.27. The number of halogens is 2. The standard InChI is InChI=1S/C11H12ClFO3/c1-15-11(16-2)6-10(14)8-4-3-7(13)5-9(8)12/h3-5,11H,6H2,1-2H3. The Morgan fingerprint density at radius 2 is 2.06 bits per heavy atom. The molecule has 0 bridgehead atoms. The number of rotatable bonds is 5. The first-order valence-electron chi connectivity index (χ1n) is 4.62. The average Bonchev–Trinajstić information content (AvgIpc) is 2.25. The second kappa shape index (κ2) is 5.94. The molecule has 0 saturated heterocycles. The Morgan fingerprint density at radius 3 is 2.56 bits per heavy atom.